The van der Waals surface area contributed by atoms with E-state index in [9.17, 15) is 13.2 Å². The molecule has 2 N–H and O–H groups in total. The van der Waals surface area contributed by atoms with Gasteiger partial charge >= 0.3 is 12.0 Å². The molecular formula is C17H24N4O4S. The van der Waals surface area contributed by atoms with Gasteiger partial charge in [-0.1, -0.05) is 50.2 Å². The van der Waals surface area contributed by atoms with Gasteiger partial charge in [-0.3, -0.25) is 5.32 Å². The Morgan fingerprint density at radius 3 is 2.46 bits per heavy atom. The number of hydrogen-bond donors (Lipinski definition) is 2. The van der Waals surface area contributed by atoms with Gasteiger partial charge in [-0.2, -0.15) is 4.98 Å². The summed E-state index contributed by atoms with van der Waals surface area (Å²) < 4.78 is 27.2. The monoisotopic (exact) mass is 380 g/mol. The minimum absolute atomic E-state index is 0.00284. The summed E-state index contributed by atoms with van der Waals surface area (Å²) in [6.07, 6.45) is 2.11. The highest BCUT2D eigenvalue weighted by molar-refractivity contribution is 7.89. The number of urea groups is 1. The summed E-state index contributed by atoms with van der Waals surface area (Å²) in [7, 11) is -3.27. The maximum Gasteiger partial charge on any atom is 0.329 e. The molecule has 1 aromatic heterocycles. The van der Waals surface area contributed by atoms with E-state index in [4.69, 9.17) is 4.52 Å². The average molecular weight is 380 g/mol. The van der Waals surface area contributed by atoms with Crippen LogP contribution in [0.4, 0.5) is 10.8 Å². The van der Waals surface area contributed by atoms with E-state index in [1.54, 1.807) is 0 Å². The Kier molecular flexibility index (Phi) is 6.01. The third kappa shape index (κ3) is 5.83. The van der Waals surface area contributed by atoms with Crippen molar-refractivity contribution in [2.24, 2.45) is 0 Å². The molecule has 0 saturated heterocycles. The van der Waals surface area contributed by atoms with Crippen LogP contribution >= 0.6 is 0 Å². The van der Waals surface area contributed by atoms with Crippen molar-refractivity contribution in [2.75, 3.05) is 11.6 Å². The summed E-state index contributed by atoms with van der Waals surface area (Å²) in [6.45, 7) is 6.87. The number of carbonyl (C=O) groups excluding carboxylic acids is 1. The topological polar surface area (TPSA) is 114 Å². The first kappa shape index (κ1) is 19.9. The number of carbonyl (C=O) groups is 1. The van der Waals surface area contributed by atoms with Gasteiger partial charge in [0.15, 0.2) is 15.7 Å². The zero-order chi connectivity index (χ0) is 19.4. The van der Waals surface area contributed by atoms with Gasteiger partial charge in [0.25, 0.3) is 0 Å². The van der Waals surface area contributed by atoms with Gasteiger partial charge in [0, 0.05) is 12.8 Å². The molecule has 0 aliphatic rings. The van der Waals surface area contributed by atoms with Crippen molar-refractivity contribution in [3.8, 4) is 0 Å². The number of aromatic nitrogens is 2. The van der Waals surface area contributed by atoms with Crippen LogP contribution < -0.4 is 10.6 Å². The highest BCUT2D eigenvalue weighted by Gasteiger charge is 2.17. The van der Waals surface area contributed by atoms with Gasteiger partial charge in [-0.05, 0) is 23.0 Å². The van der Waals surface area contributed by atoms with Gasteiger partial charge in [0.2, 0.25) is 0 Å². The first-order chi connectivity index (χ1) is 12.1. The van der Waals surface area contributed by atoms with E-state index in [1.165, 1.54) is 5.56 Å². The fourth-order valence-electron chi connectivity index (χ4n) is 2.20. The molecular weight excluding hydrogens is 356 g/mol. The van der Waals surface area contributed by atoms with Crippen LogP contribution in [0.1, 0.15) is 44.1 Å². The molecule has 0 radical (unpaired) electrons. The van der Waals surface area contributed by atoms with E-state index >= 15 is 0 Å². The molecule has 2 aromatic rings. The van der Waals surface area contributed by atoms with Gasteiger partial charge < -0.3 is 9.84 Å². The summed E-state index contributed by atoms with van der Waals surface area (Å²) in [5.74, 6) is -0.350. The van der Waals surface area contributed by atoms with E-state index in [0.717, 1.165) is 18.2 Å². The molecule has 0 aliphatic carbocycles. The Bertz CT molecular complexity index is 857. The van der Waals surface area contributed by atoms with Crippen LogP contribution in [0.3, 0.4) is 0 Å². The smallest absolute Gasteiger partial charge is 0.329 e. The van der Waals surface area contributed by atoms with Crippen molar-refractivity contribution in [1.29, 1.82) is 0 Å². The molecule has 2 rings (SSSR count). The molecule has 2 amide bonds. The second-order valence-electron chi connectivity index (χ2n) is 6.83. The normalized spacial score (nSPS) is 12.0. The maximum atomic E-state index is 11.9. The quantitative estimate of drug-likeness (QED) is 0.763. The first-order valence-electron chi connectivity index (χ1n) is 8.23. The van der Waals surface area contributed by atoms with Crippen LogP contribution in [-0.2, 0) is 27.5 Å². The molecule has 0 atom stereocenters. The second-order valence-corrected chi connectivity index (χ2v) is 8.97. The summed E-state index contributed by atoms with van der Waals surface area (Å²) >= 11 is 0. The highest BCUT2D eigenvalue weighted by Crippen LogP contribution is 2.26. The first-order valence-corrected chi connectivity index (χ1v) is 10.3. The van der Waals surface area contributed by atoms with Crippen LogP contribution in [0.2, 0.25) is 0 Å². The zero-order valence-electron chi connectivity index (χ0n) is 15.4. The summed E-state index contributed by atoms with van der Waals surface area (Å²) in [4.78, 5) is 15.7. The predicted molar refractivity (Wildman–Crippen MR) is 98.5 cm³/mol. The fourth-order valence-corrected chi connectivity index (χ4v) is 2.79. The number of sulfone groups is 1. The highest BCUT2D eigenvalue weighted by atomic mass is 32.2. The Balaban J connectivity index is 1.87. The minimum Gasteiger partial charge on any atom is -0.334 e. The molecule has 0 spiro atoms. The molecule has 0 bridgehead atoms. The summed E-state index contributed by atoms with van der Waals surface area (Å²) in [5.41, 5.74) is 2.32. The van der Waals surface area contributed by atoms with Crippen LogP contribution in [0.5, 0.6) is 0 Å². The Morgan fingerprint density at radius 2 is 1.88 bits per heavy atom. The van der Waals surface area contributed by atoms with Crippen molar-refractivity contribution in [1.82, 2.24) is 15.5 Å². The summed E-state index contributed by atoms with van der Waals surface area (Å²) in [5, 5.41) is 8.56. The van der Waals surface area contributed by atoms with Crippen LogP contribution in [0, 0.1) is 0 Å². The lowest BCUT2D eigenvalue weighted by molar-refractivity contribution is 0.250. The lowest BCUT2D eigenvalue weighted by Crippen LogP contribution is -2.28. The van der Waals surface area contributed by atoms with Crippen LogP contribution in [0.25, 0.3) is 0 Å². The number of hydrogen-bond acceptors (Lipinski definition) is 6. The number of anilines is 1. The third-order valence-corrected chi connectivity index (χ3v) is 4.93. The van der Waals surface area contributed by atoms with Gasteiger partial charge in [-0.25, -0.2) is 13.2 Å². The van der Waals surface area contributed by atoms with Crippen LogP contribution in [-0.4, -0.2) is 30.8 Å². The minimum atomic E-state index is -3.27. The van der Waals surface area contributed by atoms with E-state index in [1.807, 2.05) is 12.1 Å². The van der Waals surface area contributed by atoms with Crippen molar-refractivity contribution in [2.45, 2.75) is 44.9 Å². The predicted octanol–water partition coefficient (Wildman–Crippen LogP) is 2.62. The molecule has 0 unspecified atom stereocenters. The Labute approximate surface area is 153 Å². The Morgan fingerprint density at radius 1 is 1.23 bits per heavy atom. The van der Waals surface area contributed by atoms with Gasteiger partial charge in [0.05, 0.1) is 0 Å². The maximum absolute atomic E-state index is 11.9. The second kappa shape index (κ2) is 7.86. The van der Waals surface area contributed by atoms with E-state index in [-0.39, 0.29) is 23.0 Å². The number of amides is 2. The number of rotatable bonds is 7. The largest absolute Gasteiger partial charge is 0.334 e. The molecule has 9 heteroatoms. The van der Waals surface area contributed by atoms with Gasteiger partial charge in [0.1, 0.15) is 5.75 Å². The molecule has 0 aliphatic heterocycles. The van der Waals surface area contributed by atoms with E-state index in [0.29, 0.717) is 6.54 Å². The molecule has 1 heterocycles. The van der Waals surface area contributed by atoms with Crippen molar-refractivity contribution in [3.63, 3.8) is 0 Å². The SMILES string of the molecule is CCC(C)(C)c1ccc(CNC(=O)Nc2nc(CS(C)(=O)=O)no2)cc1. The summed E-state index contributed by atoms with van der Waals surface area (Å²) in [6, 6.07) is 7.41. The molecule has 8 nitrogen and oxygen atoms in total. The van der Waals surface area contributed by atoms with E-state index in [2.05, 4.69) is 53.7 Å². The number of nitrogens with zero attached hydrogens (tertiary/aromatic N) is 2. The number of nitrogens with one attached hydrogen (secondary N) is 2. The molecule has 142 valence electrons. The lowest BCUT2D eigenvalue weighted by Gasteiger charge is -2.23. The van der Waals surface area contributed by atoms with E-state index < -0.39 is 15.9 Å². The standard InChI is InChI=1S/C17H24N4O4S/c1-5-17(2,3)13-8-6-12(7-9-13)10-18-15(22)20-16-19-14(21-25-16)11-26(4,23)24/h6-9H,5,10-11H2,1-4H3,(H2,18,19,20,21,22). The molecule has 1 aromatic carbocycles. The lowest BCUT2D eigenvalue weighted by atomic mass is 9.82. The fraction of sp³-hybridized carbons (Fsp3) is 0.471. The molecule has 26 heavy (non-hydrogen) atoms. The van der Waals surface area contributed by atoms with Crippen LogP contribution in [0.15, 0.2) is 28.8 Å². The number of benzene rings is 1. The zero-order valence-corrected chi connectivity index (χ0v) is 16.2. The van der Waals surface area contributed by atoms with Crippen molar-refractivity contribution < 1.29 is 17.7 Å². The molecule has 0 fully saturated rings. The van der Waals surface area contributed by atoms with Gasteiger partial charge in [-0.15, -0.1) is 0 Å². The van der Waals surface area contributed by atoms with Crippen molar-refractivity contribution >= 4 is 21.9 Å². The Hall–Kier alpha value is -2.42. The average Bonchev–Trinajstić information content (AvgIpc) is 2.98. The third-order valence-electron chi connectivity index (χ3n) is 4.15. The van der Waals surface area contributed by atoms with Crippen molar-refractivity contribution in [3.05, 3.63) is 41.2 Å². The molecule has 0 saturated carbocycles.